The maximum atomic E-state index is 11.2. The van der Waals surface area contributed by atoms with Crippen molar-refractivity contribution in [2.45, 2.75) is 6.54 Å². The molecule has 1 aromatic carbocycles. The summed E-state index contributed by atoms with van der Waals surface area (Å²) >= 11 is 0. The summed E-state index contributed by atoms with van der Waals surface area (Å²) in [5.74, 6) is 3.39. The Hall–Kier alpha value is -2.74. The smallest absolute Gasteiger partial charge is 0.268 e. The van der Waals surface area contributed by atoms with E-state index in [-0.39, 0.29) is 5.69 Å². The lowest BCUT2D eigenvalue weighted by Gasteiger charge is -2.06. The number of carbonyl (C=O) groups is 1. The van der Waals surface area contributed by atoms with E-state index in [0.717, 1.165) is 11.1 Å². The van der Waals surface area contributed by atoms with Gasteiger partial charge in [-0.15, -0.1) is 6.42 Å². The van der Waals surface area contributed by atoms with Crippen LogP contribution in [0.5, 0.6) is 5.75 Å². The summed E-state index contributed by atoms with van der Waals surface area (Å²) in [6, 6.07) is 5.45. The van der Waals surface area contributed by atoms with Gasteiger partial charge in [0.25, 0.3) is 5.91 Å². The second-order valence-corrected chi connectivity index (χ2v) is 4.21. The van der Waals surface area contributed by atoms with Crippen LogP contribution >= 0.6 is 0 Å². The molecular formula is C14H11N3O2. The van der Waals surface area contributed by atoms with E-state index in [2.05, 4.69) is 10.9 Å². The lowest BCUT2D eigenvalue weighted by Crippen LogP contribution is -2.11. The normalized spacial score (nSPS) is 12.6. The molecule has 0 atom stereocenters. The molecule has 5 heteroatoms. The van der Waals surface area contributed by atoms with Crippen molar-refractivity contribution in [2.24, 2.45) is 5.73 Å². The van der Waals surface area contributed by atoms with Gasteiger partial charge in [-0.1, -0.05) is 5.92 Å². The Balaban J connectivity index is 2.23. The lowest BCUT2D eigenvalue weighted by molar-refractivity contribution is 0.0996. The first-order valence-corrected chi connectivity index (χ1v) is 5.80. The van der Waals surface area contributed by atoms with E-state index < -0.39 is 5.91 Å². The minimum Gasteiger partial charge on any atom is -0.491 e. The largest absolute Gasteiger partial charge is 0.491 e. The lowest BCUT2D eigenvalue weighted by atomic mass is 10.1. The molecule has 2 aromatic rings. The average molecular weight is 253 g/mol. The van der Waals surface area contributed by atoms with Crippen molar-refractivity contribution >= 4 is 5.91 Å². The number of benzene rings is 1. The number of ether oxygens (including phenoxy) is 1. The standard InChI is InChI=1S/C14H11N3O2/c1-2-9-3-4-12-10(7-9)14-16-11(13(15)18)8-17(14)5-6-19-12/h1,3-4,7-8H,5-6H2,(H2,15,18). The molecule has 1 amide bonds. The number of carbonyl (C=O) groups excluding carboxylic acids is 1. The van der Waals surface area contributed by atoms with E-state index in [1.54, 1.807) is 6.20 Å². The number of hydrogen-bond donors (Lipinski definition) is 1. The van der Waals surface area contributed by atoms with Crippen molar-refractivity contribution in [3.05, 3.63) is 35.7 Å². The summed E-state index contributed by atoms with van der Waals surface area (Å²) in [5.41, 5.74) is 7.02. The summed E-state index contributed by atoms with van der Waals surface area (Å²) in [7, 11) is 0. The minimum atomic E-state index is -0.545. The Kier molecular flexibility index (Phi) is 2.50. The highest BCUT2D eigenvalue weighted by molar-refractivity contribution is 5.91. The summed E-state index contributed by atoms with van der Waals surface area (Å²) in [4.78, 5) is 15.5. The molecule has 19 heavy (non-hydrogen) atoms. The number of amides is 1. The number of rotatable bonds is 1. The molecule has 3 rings (SSSR count). The number of primary amides is 1. The highest BCUT2D eigenvalue weighted by Crippen LogP contribution is 2.32. The molecule has 0 saturated heterocycles. The third kappa shape index (κ3) is 1.83. The number of terminal acetylenes is 1. The van der Waals surface area contributed by atoms with Gasteiger partial charge in [-0.3, -0.25) is 4.79 Å². The fourth-order valence-electron chi connectivity index (χ4n) is 2.09. The SMILES string of the molecule is C#Cc1ccc2c(c1)-c1nc(C(N)=O)cn1CCO2. The van der Waals surface area contributed by atoms with Gasteiger partial charge in [0.2, 0.25) is 0 Å². The summed E-state index contributed by atoms with van der Waals surface area (Å²) in [6.07, 6.45) is 7.04. The Morgan fingerprint density at radius 3 is 3.11 bits per heavy atom. The van der Waals surface area contributed by atoms with Crippen molar-refractivity contribution < 1.29 is 9.53 Å². The summed E-state index contributed by atoms with van der Waals surface area (Å²) in [6.45, 7) is 1.11. The van der Waals surface area contributed by atoms with Crippen LogP contribution in [0.25, 0.3) is 11.4 Å². The molecule has 94 valence electrons. The van der Waals surface area contributed by atoms with Gasteiger partial charge in [0.1, 0.15) is 23.9 Å². The average Bonchev–Trinajstić information content (AvgIpc) is 2.76. The van der Waals surface area contributed by atoms with E-state index in [1.807, 2.05) is 22.8 Å². The van der Waals surface area contributed by atoms with Gasteiger partial charge in [0.05, 0.1) is 12.1 Å². The van der Waals surface area contributed by atoms with Crippen LogP contribution in [0.3, 0.4) is 0 Å². The van der Waals surface area contributed by atoms with E-state index in [0.29, 0.717) is 24.7 Å². The van der Waals surface area contributed by atoms with Crippen LogP contribution in [0, 0.1) is 12.3 Å². The van der Waals surface area contributed by atoms with E-state index >= 15 is 0 Å². The van der Waals surface area contributed by atoms with E-state index in [1.165, 1.54) is 0 Å². The summed E-state index contributed by atoms with van der Waals surface area (Å²) < 4.78 is 7.50. The first-order valence-electron chi connectivity index (χ1n) is 5.80. The van der Waals surface area contributed by atoms with Crippen molar-refractivity contribution in [1.82, 2.24) is 9.55 Å². The molecule has 0 unspecified atom stereocenters. The van der Waals surface area contributed by atoms with Crippen LogP contribution in [0.4, 0.5) is 0 Å². The first-order chi connectivity index (χ1) is 9.19. The van der Waals surface area contributed by atoms with Crippen molar-refractivity contribution in [1.29, 1.82) is 0 Å². The second kappa shape index (κ2) is 4.18. The van der Waals surface area contributed by atoms with Crippen LogP contribution in [0.15, 0.2) is 24.4 Å². The molecule has 5 nitrogen and oxygen atoms in total. The number of hydrogen-bond acceptors (Lipinski definition) is 3. The molecule has 0 fully saturated rings. The molecule has 0 aliphatic carbocycles. The minimum absolute atomic E-state index is 0.244. The predicted octanol–water partition coefficient (Wildman–Crippen LogP) is 1.02. The maximum absolute atomic E-state index is 11.2. The molecule has 2 heterocycles. The maximum Gasteiger partial charge on any atom is 0.268 e. The molecule has 0 saturated carbocycles. The monoisotopic (exact) mass is 253 g/mol. The topological polar surface area (TPSA) is 70.1 Å². The van der Waals surface area contributed by atoms with Crippen LogP contribution < -0.4 is 10.5 Å². The zero-order chi connectivity index (χ0) is 13.4. The van der Waals surface area contributed by atoms with Gasteiger partial charge in [0.15, 0.2) is 0 Å². The van der Waals surface area contributed by atoms with Crippen LogP contribution in [0.1, 0.15) is 16.1 Å². The van der Waals surface area contributed by atoms with E-state index in [9.17, 15) is 4.79 Å². The van der Waals surface area contributed by atoms with Gasteiger partial charge in [-0.05, 0) is 18.2 Å². The number of fused-ring (bicyclic) bond motifs is 3. The quantitative estimate of drug-likeness (QED) is 0.771. The number of nitrogens with two attached hydrogens (primary N) is 1. The van der Waals surface area contributed by atoms with Gasteiger partial charge >= 0.3 is 0 Å². The molecule has 1 aliphatic rings. The molecule has 0 spiro atoms. The molecule has 1 aromatic heterocycles. The molecule has 0 bridgehead atoms. The van der Waals surface area contributed by atoms with Gasteiger partial charge in [-0.25, -0.2) is 4.98 Å². The van der Waals surface area contributed by atoms with Gasteiger partial charge in [0, 0.05) is 11.8 Å². The Morgan fingerprint density at radius 1 is 1.53 bits per heavy atom. The van der Waals surface area contributed by atoms with Crippen LogP contribution in [-0.4, -0.2) is 22.1 Å². The third-order valence-electron chi connectivity index (χ3n) is 3.01. The number of aromatic nitrogens is 2. The number of nitrogens with zero attached hydrogens (tertiary/aromatic N) is 2. The first kappa shape index (κ1) is 11.4. The van der Waals surface area contributed by atoms with Gasteiger partial charge < -0.3 is 15.0 Å². The number of imidazole rings is 1. The molecular weight excluding hydrogens is 242 g/mol. The van der Waals surface area contributed by atoms with Gasteiger partial charge in [-0.2, -0.15) is 0 Å². The zero-order valence-electron chi connectivity index (χ0n) is 10.1. The Labute approximate surface area is 110 Å². The van der Waals surface area contributed by atoms with E-state index in [4.69, 9.17) is 16.9 Å². The molecule has 0 radical (unpaired) electrons. The fraction of sp³-hybridized carbons (Fsp3) is 0.143. The van der Waals surface area contributed by atoms with Crippen LogP contribution in [0.2, 0.25) is 0 Å². The highest BCUT2D eigenvalue weighted by atomic mass is 16.5. The second-order valence-electron chi connectivity index (χ2n) is 4.21. The van der Waals surface area contributed by atoms with Crippen molar-refractivity contribution in [3.63, 3.8) is 0 Å². The van der Waals surface area contributed by atoms with Crippen LogP contribution in [-0.2, 0) is 6.54 Å². The van der Waals surface area contributed by atoms with Crippen molar-refractivity contribution in [2.75, 3.05) is 6.61 Å². The molecule has 2 N–H and O–H groups in total. The fourth-order valence-corrected chi connectivity index (χ4v) is 2.09. The Morgan fingerprint density at radius 2 is 2.37 bits per heavy atom. The highest BCUT2D eigenvalue weighted by Gasteiger charge is 2.20. The predicted molar refractivity (Wildman–Crippen MR) is 69.6 cm³/mol. The molecule has 1 aliphatic heterocycles. The van der Waals surface area contributed by atoms with Crippen molar-refractivity contribution in [3.8, 4) is 29.5 Å². The zero-order valence-corrected chi connectivity index (χ0v) is 10.1. The third-order valence-corrected chi connectivity index (χ3v) is 3.01. The Bertz CT molecular complexity index is 710. The summed E-state index contributed by atoms with van der Waals surface area (Å²) in [5, 5.41) is 0.